The van der Waals surface area contributed by atoms with Gasteiger partial charge < -0.3 is 9.88 Å². The zero-order valence-corrected chi connectivity index (χ0v) is 14.5. The Morgan fingerprint density at radius 3 is 2.92 bits per heavy atom. The summed E-state index contributed by atoms with van der Waals surface area (Å²) in [6.07, 6.45) is 5.60. The van der Waals surface area contributed by atoms with Crippen LogP contribution in [0.3, 0.4) is 0 Å². The first kappa shape index (κ1) is 15.4. The molecule has 1 unspecified atom stereocenters. The monoisotopic (exact) mass is 323 g/mol. The maximum atomic E-state index is 4.82. The molecular formula is C19H25N5. The fraction of sp³-hybridized carbons (Fsp3) is 0.474. The lowest BCUT2D eigenvalue weighted by Crippen LogP contribution is -2.26. The molecule has 0 saturated carbocycles. The third-order valence-electron chi connectivity index (χ3n) is 5.12. The second-order valence-corrected chi connectivity index (χ2v) is 6.45. The van der Waals surface area contributed by atoms with E-state index in [2.05, 4.69) is 64.0 Å². The van der Waals surface area contributed by atoms with Gasteiger partial charge in [0.15, 0.2) is 0 Å². The molecule has 1 N–H and O–H groups in total. The minimum absolute atomic E-state index is 0.388. The van der Waals surface area contributed by atoms with E-state index in [1.807, 2.05) is 0 Å². The molecule has 0 spiro atoms. The summed E-state index contributed by atoms with van der Waals surface area (Å²) in [6, 6.07) is 8.77. The van der Waals surface area contributed by atoms with Gasteiger partial charge in [0, 0.05) is 30.4 Å². The summed E-state index contributed by atoms with van der Waals surface area (Å²) in [5.41, 5.74) is 5.09. The number of nitrogens with one attached hydrogen (secondary N) is 1. The van der Waals surface area contributed by atoms with Crippen molar-refractivity contribution in [3.05, 3.63) is 47.5 Å². The van der Waals surface area contributed by atoms with Gasteiger partial charge in [0.25, 0.3) is 0 Å². The quantitative estimate of drug-likeness (QED) is 0.782. The molecule has 0 saturated heterocycles. The Bertz CT molecular complexity index is 845. The largest absolute Gasteiger partial charge is 0.327 e. The molecule has 0 radical (unpaired) electrons. The highest BCUT2D eigenvalue weighted by atomic mass is 15.3. The lowest BCUT2D eigenvalue weighted by molar-refractivity contribution is 0.438. The molecule has 4 rings (SSSR count). The predicted octanol–water partition coefficient (Wildman–Crippen LogP) is 3.44. The summed E-state index contributed by atoms with van der Waals surface area (Å²) in [7, 11) is 0. The van der Waals surface area contributed by atoms with E-state index in [1.165, 1.54) is 29.6 Å². The molecule has 2 heterocycles. The van der Waals surface area contributed by atoms with Gasteiger partial charge in [0.2, 0.25) is 0 Å². The molecule has 1 atom stereocenters. The minimum Gasteiger partial charge on any atom is -0.327 e. The molecule has 1 aliphatic rings. The molecule has 126 valence electrons. The fourth-order valence-corrected chi connectivity index (χ4v) is 3.93. The Balaban J connectivity index is 1.57. The average molecular weight is 323 g/mol. The van der Waals surface area contributed by atoms with Crippen LogP contribution in [0.25, 0.3) is 11.0 Å². The fourth-order valence-electron chi connectivity index (χ4n) is 3.93. The first-order valence-electron chi connectivity index (χ1n) is 9.04. The first-order valence-corrected chi connectivity index (χ1v) is 9.04. The number of rotatable bonds is 5. The Morgan fingerprint density at radius 1 is 1.21 bits per heavy atom. The van der Waals surface area contributed by atoms with Crippen LogP contribution in [0.2, 0.25) is 0 Å². The zero-order valence-electron chi connectivity index (χ0n) is 14.5. The van der Waals surface area contributed by atoms with E-state index in [-0.39, 0.29) is 0 Å². The zero-order chi connectivity index (χ0) is 16.5. The molecule has 0 bridgehead atoms. The molecule has 3 aromatic rings. The highest BCUT2D eigenvalue weighted by Crippen LogP contribution is 2.30. The van der Waals surface area contributed by atoms with Crippen molar-refractivity contribution >= 4 is 11.0 Å². The Labute approximate surface area is 142 Å². The molecular weight excluding hydrogens is 298 g/mol. The van der Waals surface area contributed by atoms with Gasteiger partial charge >= 0.3 is 0 Å². The van der Waals surface area contributed by atoms with Crippen LogP contribution in [-0.4, -0.2) is 19.3 Å². The van der Waals surface area contributed by atoms with Crippen molar-refractivity contribution in [2.75, 3.05) is 0 Å². The number of hydrogen-bond donors (Lipinski definition) is 1. The number of imidazole rings is 1. The SMILES string of the molecule is CCn1ncc2c1CCCC2NCc1nc2ccccc2n1CC. The van der Waals surface area contributed by atoms with Crippen molar-refractivity contribution in [1.82, 2.24) is 24.6 Å². The lowest BCUT2D eigenvalue weighted by atomic mass is 9.93. The van der Waals surface area contributed by atoms with Crippen LogP contribution < -0.4 is 5.32 Å². The Kier molecular flexibility index (Phi) is 4.10. The molecule has 1 aromatic carbocycles. The lowest BCUT2D eigenvalue weighted by Gasteiger charge is -2.24. The standard InChI is InChI=1S/C19H25N5/c1-3-23-18-10-6-5-8-16(18)22-19(23)13-20-15-9-7-11-17-14(15)12-21-24(17)4-2/h5-6,8,10,12,15,20H,3-4,7,9,11,13H2,1-2H3. The molecule has 5 heteroatoms. The summed E-state index contributed by atoms with van der Waals surface area (Å²) >= 11 is 0. The minimum atomic E-state index is 0.388. The summed E-state index contributed by atoms with van der Waals surface area (Å²) in [5, 5.41) is 8.28. The van der Waals surface area contributed by atoms with Gasteiger partial charge in [-0.05, 0) is 45.2 Å². The van der Waals surface area contributed by atoms with Gasteiger partial charge in [0.05, 0.1) is 23.8 Å². The van der Waals surface area contributed by atoms with Crippen LogP contribution in [-0.2, 0) is 26.1 Å². The number of nitrogens with zero attached hydrogens (tertiary/aromatic N) is 4. The predicted molar refractivity (Wildman–Crippen MR) is 95.8 cm³/mol. The molecule has 0 amide bonds. The van der Waals surface area contributed by atoms with Gasteiger partial charge in [-0.1, -0.05) is 12.1 Å². The third kappa shape index (κ3) is 2.53. The second kappa shape index (κ2) is 6.40. The van der Waals surface area contributed by atoms with Crippen LogP contribution in [0.4, 0.5) is 0 Å². The smallest absolute Gasteiger partial charge is 0.123 e. The number of hydrogen-bond acceptors (Lipinski definition) is 3. The van der Waals surface area contributed by atoms with Gasteiger partial charge in [-0.25, -0.2) is 4.98 Å². The van der Waals surface area contributed by atoms with Gasteiger partial charge in [-0.15, -0.1) is 0 Å². The summed E-state index contributed by atoms with van der Waals surface area (Å²) in [4.78, 5) is 4.82. The van der Waals surface area contributed by atoms with E-state index < -0.39 is 0 Å². The van der Waals surface area contributed by atoms with Crippen LogP contribution in [0, 0.1) is 0 Å². The average Bonchev–Trinajstić information content (AvgIpc) is 3.20. The first-order chi connectivity index (χ1) is 11.8. The molecule has 0 aliphatic heterocycles. The van der Waals surface area contributed by atoms with E-state index in [4.69, 9.17) is 4.98 Å². The second-order valence-electron chi connectivity index (χ2n) is 6.45. The number of para-hydroxylation sites is 2. The number of aryl methyl sites for hydroxylation is 2. The summed E-state index contributed by atoms with van der Waals surface area (Å²) in [5.74, 6) is 1.12. The van der Waals surface area contributed by atoms with Crippen LogP contribution >= 0.6 is 0 Å². The van der Waals surface area contributed by atoms with Gasteiger partial charge in [-0.2, -0.15) is 5.10 Å². The normalized spacial score (nSPS) is 17.3. The van der Waals surface area contributed by atoms with Gasteiger partial charge in [0.1, 0.15) is 5.82 Å². The number of aromatic nitrogens is 4. The van der Waals surface area contributed by atoms with E-state index in [0.717, 1.165) is 37.4 Å². The summed E-state index contributed by atoms with van der Waals surface area (Å²) in [6.45, 7) is 7.04. The molecule has 5 nitrogen and oxygen atoms in total. The van der Waals surface area contributed by atoms with Crippen molar-refractivity contribution in [3.63, 3.8) is 0 Å². The summed E-state index contributed by atoms with van der Waals surface area (Å²) < 4.78 is 4.45. The topological polar surface area (TPSA) is 47.7 Å². The van der Waals surface area contributed by atoms with E-state index in [0.29, 0.717) is 6.04 Å². The van der Waals surface area contributed by atoms with Crippen molar-refractivity contribution in [1.29, 1.82) is 0 Å². The highest BCUT2D eigenvalue weighted by molar-refractivity contribution is 5.75. The van der Waals surface area contributed by atoms with Crippen molar-refractivity contribution in [2.45, 2.75) is 58.8 Å². The Morgan fingerprint density at radius 2 is 2.08 bits per heavy atom. The van der Waals surface area contributed by atoms with Crippen LogP contribution in [0.5, 0.6) is 0 Å². The van der Waals surface area contributed by atoms with Crippen molar-refractivity contribution in [3.8, 4) is 0 Å². The maximum absolute atomic E-state index is 4.82. The number of benzene rings is 1. The number of fused-ring (bicyclic) bond motifs is 2. The van der Waals surface area contributed by atoms with Crippen LogP contribution in [0.1, 0.15) is 49.8 Å². The maximum Gasteiger partial charge on any atom is 0.123 e. The van der Waals surface area contributed by atoms with Crippen molar-refractivity contribution < 1.29 is 0 Å². The van der Waals surface area contributed by atoms with E-state index in [9.17, 15) is 0 Å². The van der Waals surface area contributed by atoms with Crippen LogP contribution in [0.15, 0.2) is 30.5 Å². The van der Waals surface area contributed by atoms with Crippen molar-refractivity contribution in [2.24, 2.45) is 0 Å². The molecule has 1 aliphatic carbocycles. The van der Waals surface area contributed by atoms with Gasteiger partial charge in [-0.3, -0.25) is 4.68 Å². The van der Waals surface area contributed by atoms with E-state index >= 15 is 0 Å². The van der Waals surface area contributed by atoms with E-state index in [1.54, 1.807) is 0 Å². The molecule has 24 heavy (non-hydrogen) atoms. The highest BCUT2D eigenvalue weighted by Gasteiger charge is 2.24. The molecule has 2 aromatic heterocycles. The molecule has 0 fully saturated rings. The third-order valence-corrected chi connectivity index (χ3v) is 5.12. The Hall–Kier alpha value is -2.14.